The smallest absolute Gasteiger partial charge is 0.408 e. The van der Waals surface area contributed by atoms with Gasteiger partial charge in [0.15, 0.2) is 0 Å². The monoisotopic (exact) mass is 310 g/mol. The normalized spacial score (nSPS) is 13.0. The molecule has 2 N–H and O–H groups in total. The highest BCUT2D eigenvalue weighted by molar-refractivity contribution is 7.09. The van der Waals surface area contributed by atoms with Crippen LogP contribution in [-0.2, 0) is 16.0 Å². The zero-order valence-corrected chi connectivity index (χ0v) is 13.6. The van der Waals surface area contributed by atoms with Crippen LogP contribution < -0.4 is 10.6 Å². The van der Waals surface area contributed by atoms with Crippen molar-refractivity contribution in [2.75, 3.05) is 0 Å². The number of amides is 2. The molecule has 0 spiro atoms. The molecule has 0 saturated heterocycles. The minimum atomic E-state index is -0.661. The molecule has 0 aliphatic heterocycles. The number of rotatable bonds is 5. The molecule has 2 amide bonds. The van der Waals surface area contributed by atoms with E-state index in [2.05, 4.69) is 10.6 Å². The van der Waals surface area contributed by atoms with Gasteiger partial charge in [-0.15, -0.1) is 11.3 Å². The zero-order chi connectivity index (χ0) is 15.9. The summed E-state index contributed by atoms with van der Waals surface area (Å²) in [5.41, 5.74) is -0.582. The molecule has 1 aromatic heterocycles. The van der Waals surface area contributed by atoms with Crippen molar-refractivity contribution in [3.63, 3.8) is 0 Å². The molecule has 6 heteroatoms. The Morgan fingerprint density at radius 2 is 2.14 bits per heavy atom. The number of carbonyl (C=O) groups excluding carboxylic acids is 2. The summed E-state index contributed by atoms with van der Waals surface area (Å²) in [6.45, 7) is 6.91. The fourth-order valence-electron chi connectivity index (χ4n) is 1.42. The van der Waals surface area contributed by atoms with Crippen LogP contribution in [0.25, 0.3) is 0 Å². The quantitative estimate of drug-likeness (QED) is 0.879. The van der Waals surface area contributed by atoms with E-state index in [1.165, 1.54) is 4.88 Å². The van der Waals surface area contributed by atoms with Crippen molar-refractivity contribution >= 4 is 23.3 Å². The topological polar surface area (TPSA) is 67.4 Å². The van der Waals surface area contributed by atoms with Crippen molar-refractivity contribution in [1.29, 1.82) is 0 Å². The maximum atomic E-state index is 11.8. The van der Waals surface area contributed by atoms with E-state index in [0.717, 1.165) is 6.42 Å². The summed E-state index contributed by atoms with van der Waals surface area (Å²) in [4.78, 5) is 24.5. The minimum absolute atomic E-state index is 0.289. The van der Waals surface area contributed by atoms with Gasteiger partial charge in [-0.3, -0.25) is 4.79 Å². The summed E-state index contributed by atoms with van der Waals surface area (Å²) in [5.74, 6) is -0.289. The summed E-state index contributed by atoms with van der Waals surface area (Å²) < 4.78 is 5.09. The van der Waals surface area contributed by atoms with Crippen LogP contribution in [0, 0.1) is 0 Å². The van der Waals surface area contributed by atoms with Gasteiger partial charge in [0.2, 0.25) is 5.91 Å². The lowest BCUT2D eigenvalue weighted by atomic mass is 10.2. The van der Waals surface area contributed by atoms with Crippen molar-refractivity contribution in [3.05, 3.63) is 34.7 Å². The summed E-state index contributed by atoms with van der Waals surface area (Å²) in [5, 5.41) is 7.12. The first-order chi connectivity index (χ1) is 9.78. The largest absolute Gasteiger partial charge is 0.444 e. The predicted octanol–water partition coefficient (Wildman–Crippen LogP) is 2.83. The molecule has 0 unspecified atom stereocenters. The average molecular weight is 310 g/mol. The molecule has 1 heterocycles. The number of nitrogens with one attached hydrogen (secondary N) is 2. The molecule has 0 saturated carbocycles. The number of hydrogen-bond donors (Lipinski definition) is 2. The Morgan fingerprint density at radius 3 is 2.71 bits per heavy atom. The molecule has 0 fully saturated rings. The number of alkyl carbamates (subject to hydrolysis) is 1. The molecule has 5 nitrogen and oxygen atoms in total. The fraction of sp³-hybridized carbons (Fsp3) is 0.467. The molecule has 116 valence electrons. The predicted molar refractivity (Wildman–Crippen MR) is 84.1 cm³/mol. The van der Waals surface area contributed by atoms with E-state index in [4.69, 9.17) is 4.74 Å². The molecule has 0 radical (unpaired) electrons. The third kappa shape index (κ3) is 7.51. The number of ether oxygens (including phenoxy) is 1. The van der Waals surface area contributed by atoms with Crippen LogP contribution in [0.1, 0.15) is 32.6 Å². The van der Waals surface area contributed by atoms with Gasteiger partial charge in [-0.1, -0.05) is 12.1 Å². The second-order valence-corrected chi connectivity index (χ2v) is 6.59. The molecule has 0 bridgehead atoms. The Bertz CT molecular complexity index is 490. The molecule has 1 atom stereocenters. The average Bonchev–Trinajstić information content (AvgIpc) is 2.84. The Labute approximate surface area is 129 Å². The summed E-state index contributed by atoms with van der Waals surface area (Å²) in [7, 11) is 0. The molecule has 0 aliphatic rings. The van der Waals surface area contributed by atoms with Crippen LogP contribution in [0.2, 0.25) is 0 Å². The lowest BCUT2D eigenvalue weighted by molar-refractivity contribution is -0.121. The third-order valence-corrected chi connectivity index (χ3v) is 3.27. The van der Waals surface area contributed by atoms with Crippen molar-refractivity contribution < 1.29 is 14.3 Å². The maximum Gasteiger partial charge on any atom is 0.408 e. The van der Waals surface area contributed by atoms with Crippen LogP contribution in [0.3, 0.4) is 0 Å². The fourth-order valence-corrected chi connectivity index (χ4v) is 2.10. The number of hydrogen-bond acceptors (Lipinski definition) is 4. The second-order valence-electron chi connectivity index (χ2n) is 5.56. The first-order valence-corrected chi connectivity index (χ1v) is 7.63. The van der Waals surface area contributed by atoms with Gasteiger partial charge >= 0.3 is 6.09 Å². The first-order valence-electron chi connectivity index (χ1n) is 6.75. The Morgan fingerprint density at radius 1 is 1.43 bits per heavy atom. The highest BCUT2D eigenvalue weighted by Gasteiger charge is 2.20. The number of carbonyl (C=O) groups is 2. The molecule has 1 aromatic rings. The van der Waals surface area contributed by atoms with Gasteiger partial charge < -0.3 is 15.4 Å². The maximum absolute atomic E-state index is 11.8. The standard InChI is InChI=1S/C15H22N2O3S/c1-11(17-14(19)20-15(2,3)4)13(18)16-9-5-7-12-8-6-10-21-12/h5-6,8-11H,7H2,1-4H3,(H,16,18)(H,17,19)/b9-5+/t11-/m1/s1. The molecular formula is C15H22N2O3S. The molecular weight excluding hydrogens is 288 g/mol. The third-order valence-electron chi connectivity index (χ3n) is 2.37. The molecule has 1 rings (SSSR count). The van der Waals surface area contributed by atoms with E-state index in [9.17, 15) is 9.59 Å². The molecule has 21 heavy (non-hydrogen) atoms. The highest BCUT2D eigenvalue weighted by Crippen LogP contribution is 2.09. The SMILES string of the molecule is C[C@@H](NC(=O)OC(C)(C)C)C(=O)N/C=C/Cc1cccs1. The van der Waals surface area contributed by atoms with E-state index in [0.29, 0.717) is 0 Å². The van der Waals surface area contributed by atoms with E-state index < -0.39 is 17.7 Å². The van der Waals surface area contributed by atoms with Gasteiger partial charge in [-0.25, -0.2) is 4.79 Å². The number of allylic oxidation sites excluding steroid dienone is 1. The highest BCUT2D eigenvalue weighted by atomic mass is 32.1. The summed E-state index contributed by atoms with van der Waals surface area (Å²) >= 11 is 1.66. The first kappa shape index (κ1) is 17.2. The molecule has 0 aromatic carbocycles. The van der Waals surface area contributed by atoms with Crippen LogP contribution in [0.4, 0.5) is 4.79 Å². The van der Waals surface area contributed by atoms with Crippen LogP contribution >= 0.6 is 11.3 Å². The van der Waals surface area contributed by atoms with Gasteiger partial charge in [0.25, 0.3) is 0 Å². The Hall–Kier alpha value is -1.82. The van der Waals surface area contributed by atoms with Gasteiger partial charge in [0.05, 0.1) is 0 Å². The van der Waals surface area contributed by atoms with Crippen molar-refractivity contribution in [2.24, 2.45) is 0 Å². The van der Waals surface area contributed by atoms with E-state index in [-0.39, 0.29) is 5.91 Å². The minimum Gasteiger partial charge on any atom is -0.444 e. The Balaban J connectivity index is 2.30. The van der Waals surface area contributed by atoms with Crippen molar-refractivity contribution in [2.45, 2.75) is 45.8 Å². The Kier molecular flexibility index (Phi) is 6.42. The van der Waals surface area contributed by atoms with Gasteiger partial charge in [-0.05, 0) is 39.1 Å². The number of thiophene rings is 1. The zero-order valence-electron chi connectivity index (χ0n) is 12.8. The van der Waals surface area contributed by atoms with Crippen molar-refractivity contribution in [3.8, 4) is 0 Å². The molecule has 0 aliphatic carbocycles. The van der Waals surface area contributed by atoms with Crippen LogP contribution in [-0.4, -0.2) is 23.6 Å². The summed E-state index contributed by atoms with van der Waals surface area (Å²) in [6, 6.07) is 3.36. The summed E-state index contributed by atoms with van der Waals surface area (Å²) in [6.07, 6.45) is 3.62. The van der Waals surface area contributed by atoms with Gasteiger partial charge in [0, 0.05) is 17.5 Å². The van der Waals surface area contributed by atoms with Gasteiger partial charge in [0.1, 0.15) is 11.6 Å². The van der Waals surface area contributed by atoms with Crippen LogP contribution in [0.15, 0.2) is 29.8 Å². The lowest BCUT2D eigenvalue weighted by Crippen LogP contribution is -2.45. The van der Waals surface area contributed by atoms with E-state index in [1.807, 2.05) is 23.6 Å². The van der Waals surface area contributed by atoms with E-state index in [1.54, 1.807) is 45.2 Å². The second kappa shape index (κ2) is 7.83. The lowest BCUT2D eigenvalue weighted by Gasteiger charge is -2.21. The van der Waals surface area contributed by atoms with Gasteiger partial charge in [-0.2, -0.15) is 0 Å². The van der Waals surface area contributed by atoms with E-state index >= 15 is 0 Å². The van der Waals surface area contributed by atoms with Crippen molar-refractivity contribution in [1.82, 2.24) is 10.6 Å². The van der Waals surface area contributed by atoms with Crippen LogP contribution in [0.5, 0.6) is 0 Å².